The Labute approximate surface area is 193 Å². The predicted octanol–water partition coefficient (Wildman–Crippen LogP) is 2.54. The number of nitrogens with zero attached hydrogens (tertiary/aromatic N) is 4. The van der Waals surface area contributed by atoms with Crippen LogP contribution in [0.15, 0.2) is 64.4 Å². The van der Waals surface area contributed by atoms with Crippen molar-refractivity contribution in [3.05, 3.63) is 86.3 Å². The van der Waals surface area contributed by atoms with Gasteiger partial charge in [0.25, 0.3) is 5.56 Å². The van der Waals surface area contributed by atoms with Crippen molar-refractivity contribution < 1.29 is 14.3 Å². The topological polar surface area (TPSA) is 97.4 Å². The number of carbonyl (C=O) groups excluding carboxylic acids is 1. The maximum absolute atomic E-state index is 13.3. The summed E-state index contributed by atoms with van der Waals surface area (Å²) in [4.78, 5) is 43.7. The summed E-state index contributed by atoms with van der Waals surface area (Å²) in [6, 6.07) is 13.3. The normalized spacial score (nSPS) is 11.1. The van der Waals surface area contributed by atoms with Gasteiger partial charge < -0.3 is 14.0 Å². The van der Waals surface area contributed by atoms with Gasteiger partial charge in [-0.05, 0) is 36.4 Å². The molecule has 2 aromatic heterocycles. The Kier molecular flexibility index (Phi) is 6.43. The number of benzene rings is 2. The van der Waals surface area contributed by atoms with E-state index in [1.807, 2.05) is 0 Å². The number of imidazole rings is 1. The van der Waals surface area contributed by atoms with E-state index in [0.717, 1.165) is 4.57 Å². The van der Waals surface area contributed by atoms with E-state index >= 15 is 0 Å². The average Bonchev–Trinajstić information content (AvgIpc) is 3.23. The number of halogens is 1. The molecule has 0 bridgehead atoms. The van der Waals surface area contributed by atoms with E-state index in [4.69, 9.17) is 21.1 Å². The maximum atomic E-state index is 13.3. The van der Waals surface area contributed by atoms with Crippen LogP contribution < -0.4 is 16.0 Å². The molecule has 0 saturated carbocycles. The molecule has 170 valence electrons. The number of rotatable bonds is 8. The molecule has 33 heavy (non-hydrogen) atoms. The lowest BCUT2D eigenvalue weighted by molar-refractivity contribution is 0.0973. The van der Waals surface area contributed by atoms with Crippen LogP contribution in [0.5, 0.6) is 5.75 Å². The Balaban J connectivity index is 1.90. The van der Waals surface area contributed by atoms with Crippen molar-refractivity contribution in [2.45, 2.75) is 13.1 Å². The van der Waals surface area contributed by atoms with Crippen molar-refractivity contribution >= 4 is 28.5 Å². The van der Waals surface area contributed by atoms with Gasteiger partial charge in [-0.2, -0.15) is 0 Å². The van der Waals surface area contributed by atoms with Gasteiger partial charge in [0, 0.05) is 23.8 Å². The molecule has 2 aromatic carbocycles. The van der Waals surface area contributed by atoms with Crippen LogP contribution in [0.2, 0.25) is 5.02 Å². The molecule has 0 atom stereocenters. The highest BCUT2D eigenvalue weighted by Crippen LogP contribution is 2.19. The van der Waals surface area contributed by atoms with Crippen LogP contribution in [0.1, 0.15) is 10.4 Å². The summed E-state index contributed by atoms with van der Waals surface area (Å²) in [6.45, 7) is 0.0783. The quantitative estimate of drug-likeness (QED) is 0.369. The fraction of sp³-hybridized carbons (Fsp3) is 0.217. The first-order chi connectivity index (χ1) is 15.9. The van der Waals surface area contributed by atoms with E-state index in [1.165, 1.54) is 29.7 Å². The zero-order valence-electron chi connectivity index (χ0n) is 18.0. The smallest absolute Gasteiger partial charge is 0.337 e. The third-order valence-corrected chi connectivity index (χ3v) is 5.46. The molecular formula is C23H21ClN4O5. The van der Waals surface area contributed by atoms with Gasteiger partial charge in [-0.25, -0.2) is 14.3 Å². The standard InChI is InChI=1S/C23H21ClN4O5/c1-32-11-10-27-22(30)20-21(28(23(27)31)17-4-3-5-18(12-17)33-2)25-14-26(20)13-19(29)15-6-8-16(24)9-7-15/h3-9,12,14H,10-11,13H2,1-2H3. The fourth-order valence-corrected chi connectivity index (χ4v) is 3.67. The average molecular weight is 469 g/mol. The molecule has 0 unspecified atom stereocenters. The van der Waals surface area contributed by atoms with Gasteiger partial charge in [-0.3, -0.25) is 14.2 Å². The first-order valence-corrected chi connectivity index (χ1v) is 10.4. The van der Waals surface area contributed by atoms with Crippen molar-refractivity contribution in [2.24, 2.45) is 0 Å². The fourth-order valence-electron chi connectivity index (χ4n) is 3.54. The summed E-state index contributed by atoms with van der Waals surface area (Å²) in [5.41, 5.74) is 0.0956. The monoisotopic (exact) mass is 468 g/mol. The number of ether oxygens (including phenoxy) is 2. The summed E-state index contributed by atoms with van der Waals surface area (Å²) >= 11 is 5.91. The van der Waals surface area contributed by atoms with Crippen LogP contribution >= 0.6 is 11.6 Å². The Morgan fingerprint density at radius 3 is 2.55 bits per heavy atom. The molecule has 0 aliphatic heterocycles. The molecule has 0 aliphatic rings. The summed E-state index contributed by atoms with van der Waals surface area (Å²) in [5.74, 6) is 0.312. The largest absolute Gasteiger partial charge is 0.497 e. The van der Waals surface area contributed by atoms with Crippen molar-refractivity contribution in [1.29, 1.82) is 0 Å². The maximum Gasteiger partial charge on any atom is 0.337 e. The lowest BCUT2D eigenvalue weighted by Crippen LogP contribution is -2.41. The van der Waals surface area contributed by atoms with Crippen molar-refractivity contribution in [2.75, 3.05) is 20.8 Å². The van der Waals surface area contributed by atoms with Crippen LogP contribution in [0.25, 0.3) is 16.9 Å². The van der Waals surface area contributed by atoms with E-state index in [-0.39, 0.29) is 36.6 Å². The van der Waals surface area contributed by atoms with E-state index in [1.54, 1.807) is 48.5 Å². The zero-order valence-corrected chi connectivity index (χ0v) is 18.8. The van der Waals surface area contributed by atoms with Gasteiger partial charge in [0.2, 0.25) is 0 Å². The van der Waals surface area contributed by atoms with E-state index in [9.17, 15) is 14.4 Å². The van der Waals surface area contributed by atoms with E-state index < -0.39 is 11.2 Å². The second-order valence-corrected chi connectivity index (χ2v) is 7.68. The lowest BCUT2D eigenvalue weighted by Gasteiger charge is -2.13. The van der Waals surface area contributed by atoms with Crippen LogP contribution in [-0.4, -0.2) is 45.3 Å². The van der Waals surface area contributed by atoms with E-state index in [2.05, 4.69) is 4.98 Å². The lowest BCUT2D eigenvalue weighted by atomic mass is 10.1. The number of hydrogen-bond acceptors (Lipinski definition) is 6. The Morgan fingerprint density at radius 1 is 1.09 bits per heavy atom. The van der Waals surface area contributed by atoms with Crippen molar-refractivity contribution in [1.82, 2.24) is 18.7 Å². The van der Waals surface area contributed by atoms with Crippen molar-refractivity contribution in [3.63, 3.8) is 0 Å². The number of hydrogen-bond donors (Lipinski definition) is 0. The molecule has 0 aliphatic carbocycles. The Bertz CT molecular complexity index is 1440. The molecule has 4 aromatic rings. The molecule has 0 N–H and O–H groups in total. The summed E-state index contributed by atoms with van der Waals surface area (Å²) in [7, 11) is 3.01. The van der Waals surface area contributed by atoms with Gasteiger partial charge in [-0.1, -0.05) is 17.7 Å². The van der Waals surface area contributed by atoms with Crippen LogP contribution in [0.3, 0.4) is 0 Å². The molecule has 9 nitrogen and oxygen atoms in total. The molecular weight excluding hydrogens is 448 g/mol. The molecule has 4 rings (SSSR count). The highest BCUT2D eigenvalue weighted by atomic mass is 35.5. The third-order valence-electron chi connectivity index (χ3n) is 5.21. The number of fused-ring (bicyclic) bond motifs is 1. The van der Waals surface area contributed by atoms with Crippen LogP contribution in [-0.2, 0) is 17.8 Å². The van der Waals surface area contributed by atoms with Gasteiger partial charge in [-0.15, -0.1) is 0 Å². The van der Waals surface area contributed by atoms with Crippen LogP contribution in [0, 0.1) is 0 Å². The van der Waals surface area contributed by atoms with Gasteiger partial charge in [0.05, 0.1) is 38.8 Å². The minimum absolute atomic E-state index is 0.0460. The number of carbonyl (C=O) groups is 1. The molecule has 0 saturated heterocycles. The van der Waals surface area contributed by atoms with Gasteiger partial charge >= 0.3 is 5.69 Å². The summed E-state index contributed by atoms with van der Waals surface area (Å²) in [5, 5.41) is 0.517. The highest BCUT2D eigenvalue weighted by molar-refractivity contribution is 6.30. The number of methoxy groups -OCH3 is 2. The van der Waals surface area contributed by atoms with Gasteiger partial charge in [0.1, 0.15) is 5.75 Å². The minimum atomic E-state index is -0.563. The second kappa shape index (κ2) is 9.43. The molecule has 2 heterocycles. The highest BCUT2D eigenvalue weighted by Gasteiger charge is 2.21. The minimum Gasteiger partial charge on any atom is -0.497 e. The SMILES string of the molecule is COCCn1c(=O)c2c(ncn2CC(=O)c2ccc(Cl)cc2)n(-c2cccc(OC)c2)c1=O. The third kappa shape index (κ3) is 4.33. The summed E-state index contributed by atoms with van der Waals surface area (Å²) < 4.78 is 14.2. The zero-order chi connectivity index (χ0) is 23.5. The molecule has 0 fully saturated rings. The molecule has 0 spiro atoms. The Hall–Kier alpha value is -3.69. The Morgan fingerprint density at radius 2 is 1.85 bits per heavy atom. The first-order valence-electron chi connectivity index (χ1n) is 10.1. The second-order valence-electron chi connectivity index (χ2n) is 7.24. The first kappa shape index (κ1) is 22.5. The number of ketones is 1. The molecule has 0 amide bonds. The summed E-state index contributed by atoms with van der Waals surface area (Å²) in [6.07, 6.45) is 1.39. The number of aromatic nitrogens is 4. The van der Waals surface area contributed by atoms with Crippen molar-refractivity contribution in [3.8, 4) is 11.4 Å². The number of Topliss-reactive ketones (excluding diaryl/α,β-unsaturated/α-hetero) is 1. The predicted molar refractivity (Wildman–Crippen MR) is 124 cm³/mol. The van der Waals surface area contributed by atoms with Gasteiger partial charge in [0.15, 0.2) is 16.9 Å². The molecule has 0 radical (unpaired) electrons. The van der Waals surface area contributed by atoms with Crippen LogP contribution in [0.4, 0.5) is 0 Å². The van der Waals surface area contributed by atoms with E-state index in [0.29, 0.717) is 22.0 Å². The molecule has 10 heteroatoms.